The molecule has 6 heteroatoms. The number of guanidine groups is 1. The summed E-state index contributed by atoms with van der Waals surface area (Å²) in [5, 5.41) is 9.44. The van der Waals surface area contributed by atoms with Crippen LogP contribution in [0.25, 0.3) is 0 Å². The van der Waals surface area contributed by atoms with Gasteiger partial charge in [0.2, 0.25) is 5.91 Å². The molecular weight excluding hydrogens is 332 g/mol. The number of thiophene rings is 1. The third-order valence-electron chi connectivity index (χ3n) is 3.70. The Labute approximate surface area is 153 Å². The fraction of sp³-hybridized carbons (Fsp3) is 0.368. The van der Waals surface area contributed by atoms with Crippen LogP contribution >= 0.6 is 11.3 Å². The lowest BCUT2D eigenvalue weighted by atomic mass is 10.1. The maximum Gasteiger partial charge on any atom is 0.221 e. The second-order valence-electron chi connectivity index (χ2n) is 5.70. The van der Waals surface area contributed by atoms with E-state index in [-0.39, 0.29) is 5.91 Å². The van der Waals surface area contributed by atoms with Crippen LogP contribution < -0.4 is 16.0 Å². The van der Waals surface area contributed by atoms with Crippen molar-refractivity contribution in [2.75, 3.05) is 18.9 Å². The second-order valence-corrected chi connectivity index (χ2v) is 6.96. The van der Waals surface area contributed by atoms with Crippen molar-refractivity contribution in [3.05, 3.63) is 51.7 Å². The zero-order valence-corrected chi connectivity index (χ0v) is 15.9. The summed E-state index contributed by atoms with van der Waals surface area (Å²) in [4.78, 5) is 18.0. The van der Waals surface area contributed by atoms with Crippen molar-refractivity contribution in [3.63, 3.8) is 0 Å². The maximum atomic E-state index is 11.0. The normalized spacial score (nSPS) is 11.2. The molecule has 1 heterocycles. The summed E-state index contributed by atoms with van der Waals surface area (Å²) in [6.07, 6.45) is 1.97. The number of benzene rings is 1. The van der Waals surface area contributed by atoms with E-state index in [1.807, 2.05) is 35.6 Å². The van der Waals surface area contributed by atoms with Crippen molar-refractivity contribution >= 4 is 28.9 Å². The fourth-order valence-corrected chi connectivity index (χ4v) is 3.28. The lowest BCUT2D eigenvalue weighted by Gasteiger charge is -2.11. The minimum Gasteiger partial charge on any atom is -0.356 e. The predicted molar refractivity (Wildman–Crippen MR) is 106 cm³/mol. The maximum absolute atomic E-state index is 11.0. The average molecular weight is 359 g/mol. The van der Waals surface area contributed by atoms with Gasteiger partial charge in [-0.3, -0.25) is 9.79 Å². The Morgan fingerprint density at radius 2 is 1.80 bits per heavy atom. The summed E-state index contributed by atoms with van der Waals surface area (Å²) < 4.78 is 0. The van der Waals surface area contributed by atoms with Gasteiger partial charge in [-0.15, -0.1) is 11.3 Å². The molecule has 3 N–H and O–H groups in total. The third kappa shape index (κ3) is 6.58. The number of hydrogen-bond donors (Lipinski definition) is 3. The smallest absolute Gasteiger partial charge is 0.221 e. The molecule has 2 rings (SSSR count). The number of carbonyl (C=O) groups excluding carboxylic acids is 1. The second kappa shape index (κ2) is 9.84. The van der Waals surface area contributed by atoms with Crippen LogP contribution in [0.4, 0.5) is 5.69 Å². The van der Waals surface area contributed by atoms with E-state index in [2.05, 4.69) is 40.0 Å². The van der Waals surface area contributed by atoms with Crippen molar-refractivity contribution in [1.82, 2.24) is 10.6 Å². The average Bonchev–Trinajstić information content (AvgIpc) is 3.07. The Hall–Kier alpha value is -2.34. The number of aryl methyl sites for hydroxylation is 1. The van der Waals surface area contributed by atoms with Gasteiger partial charge < -0.3 is 16.0 Å². The van der Waals surface area contributed by atoms with Crippen LogP contribution in [0.1, 0.15) is 29.2 Å². The molecule has 5 nitrogen and oxygen atoms in total. The number of nitrogens with zero attached hydrogens (tertiary/aromatic N) is 1. The highest BCUT2D eigenvalue weighted by atomic mass is 32.1. The van der Waals surface area contributed by atoms with Gasteiger partial charge >= 0.3 is 0 Å². The van der Waals surface area contributed by atoms with Crippen LogP contribution in [0.2, 0.25) is 0 Å². The molecule has 25 heavy (non-hydrogen) atoms. The number of anilines is 1. The van der Waals surface area contributed by atoms with Crippen LogP contribution in [-0.4, -0.2) is 25.5 Å². The molecule has 1 amide bonds. The molecule has 1 aromatic heterocycles. The first-order valence-corrected chi connectivity index (χ1v) is 9.31. The molecule has 0 spiro atoms. The number of carbonyl (C=O) groups is 1. The first kappa shape index (κ1) is 19.0. The highest BCUT2D eigenvalue weighted by Gasteiger charge is 2.02. The summed E-state index contributed by atoms with van der Waals surface area (Å²) in [5.41, 5.74) is 2.03. The zero-order chi connectivity index (χ0) is 18.1. The van der Waals surface area contributed by atoms with Crippen LogP contribution in [-0.2, 0) is 24.2 Å². The molecule has 0 bridgehead atoms. The van der Waals surface area contributed by atoms with Gasteiger partial charge in [0.15, 0.2) is 5.96 Å². The third-order valence-corrected chi connectivity index (χ3v) is 4.93. The molecule has 2 aromatic rings. The summed E-state index contributed by atoms with van der Waals surface area (Å²) in [6, 6.07) is 12.3. The molecule has 0 aliphatic heterocycles. The predicted octanol–water partition coefficient (Wildman–Crippen LogP) is 3.18. The van der Waals surface area contributed by atoms with Gasteiger partial charge in [-0.25, -0.2) is 0 Å². The Morgan fingerprint density at radius 3 is 2.40 bits per heavy atom. The monoisotopic (exact) mass is 358 g/mol. The van der Waals surface area contributed by atoms with Crippen molar-refractivity contribution in [1.29, 1.82) is 0 Å². The molecule has 1 aromatic carbocycles. The molecule has 134 valence electrons. The number of rotatable bonds is 7. The lowest BCUT2D eigenvalue weighted by Crippen LogP contribution is -2.37. The number of amides is 1. The molecule has 0 radical (unpaired) electrons. The van der Waals surface area contributed by atoms with E-state index in [1.54, 1.807) is 7.05 Å². The number of aliphatic imine (C=N–C) groups is 1. The van der Waals surface area contributed by atoms with Gasteiger partial charge in [0, 0.05) is 36.0 Å². The van der Waals surface area contributed by atoms with Crippen molar-refractivity contribution in [3.8, 4) is 0 Å². The van der Waals surface area contributed by atoms with E-state index < -0.39 is 0 Å². The highest BCUT2D eigenvalue weighted by Crippen LogP contribution is 2.16. The van der Waals surface area contributed by atoms with Crippen molar-refractivity contribution in [2.45, 2.75) is 33.2 Å². The Balaban J connectivity index is 1.74. The number of nitrogens with one attached hydrogen (secondary N) is 3. The Bertz CT molecular complexity index is 706. The van der Waals surface area contributed by atoms with Gasteiger partial charge in [0.1, 0.15) is 0 Å². The summed E-state index contributed by atoms with van der Waals surface area (Å²) in [6.45, 7) is 5.27. The van der Waals surface area contributed by atoms with E-state index in [4.69, 9.17) is 0 Å². The van der Waals surface area contributed by atoms with Gasteiger partial charge in [-0.2, -0.15) is 0 Å². The van der Waals surface area contributed by atoms with E-state index in [0.717, 1.165) is 37.6 Å². The van der Waals surface area contributed by atoms with Crippen LogP contribution in [0, 0.1) is 0 Å². The summed E-state index contributed by atoms with van der Waals surface area (Å²) in [7, 11) is 1.78. The first-order chi connectivity index (χ1) is 12.1. The van der Waals surface area contributed by atoms with E-state index in [0.29, 0.717) is 0 Å². The van der Waals surface area contributed by atoms with Crippen LogP contribution in [0.5, 0.6) is 0 Å². The van der Waals surface area contributed by atoms with Gasteiger partial charge in [0.05, 0.1) is 6.54 Å². The van der Waals surface area contributed by atoms with Gasteiger partial charge in [-0.05, 0) is 42.7 Å². The molecule has 0 fully saturated rings. The quantitative estimate of drug-likeness (QED) is 0.526. The molecule has 0 saturated carbocycles. The molecule has 0 atom stereocenters. The molecular formula is C19H26N4OS. The van der Waals surface area contributed by atoms with E-state index >= 15 is 0 Å². The number of hydrogen-bond acceptors (Lipinski definition) is 3. The SMILES string of the molecule is CCc1ccc(CNC(=NC)NCCc2ccc(NC(C)=O)cc2)s1. The van der Waals surface area contributed by atoms with Crippen LogP contribution in [0.3, 0.4) is 0 Å². The topological polar surface area (TPSA) is 65.5 Å². The van der Waals surface area contributed by atoms with E-state index in [1.165, 1.54) is 22.2 Å². The fourth-order valence-electron chi connectivity index (χ4n) is 2.38. The van der Waals surface area contributed by atoms with Gasteiger partial charge in [0.25, 0.3) is 0 Å². The standard InChI is InChI=1S/C19H26N4OS/c1-4-17-9-10-18(25-17)13-22-19(20-3)21-12-11-15-5-7-16(8-6-15)23-14(2)24/h5-10H,4,11-13H2,1-3H3,(H,23,24)(H2,20,21,22). The Morgan fingerprint density at radius 1 is 1.08 bits per heavy atom. The first-order valence-electron chi connectivity index (χ1n) is 8.49. The Kier molecular flexibility index (Phi) is 7.47. The molecule has 0 aliphatic rings. The lowest BCUT2D eigenvalue weighted by molar-refractivity contribution is -0.114. The van der Waals surface area contributed by atoms with Crippen molar-refractivity contribution < 1.29 is 4.79 Å². The minimum atomic E-state index is -0.0545. The minimum absolute atomic E-state index is 0.0545. The zero-order valence-electron chi connectivity index (χ0n) is 15.1. The summed E-state index contributed by atoms with van der Waals surface area (Å²) in [5.74, 6) is 0.752. The summed E-state index contributed by atoms with van der Waals surface area (Å²) >= 11 is 1.84. The molecule has 0 saturated heterocycles. The molecule has 0 aliphatic carbocycles. The van der Waals surface area contributed by atoms with Crippen molar-refractivity contribution in [2.24, 2.45) is 4.99 Å². The van der Waals surface area contributed by atoms with Gasteiger partial charge in [-0.1, -0.05) is 19.1 Å². The highest BCUT2D eigenvalue weighted by molar-refractivity contribution is 7.11. The molecule has 0 unspecified atom stereocenters. The van der Waals surface area contributed by atoms with Crippen LogP contribution in [0.15, 0.2) is 41.4 Å². The largest absolute Gasteiger partial charge is 0.356 e. The van der Waals surface area contributed by atoms with E-state index in [9.17, 15) is 4.79 Å².